The zero-order chi connectivity index (χ0) is 17.4. The topological polar surface area (TPSA) is 36.1 Å². The Balaban J connectivity index is 1.47. The zero-order valence-electron chi connectivity index (χ0n) is 14.3. The Morgan fingerprint density at radius 2 is 1.84 bits per heavy atom. The Morgan fingerprint density at radius 1 is 1.12 bits per heavy atom. The molecule has 1 amide bonds. The minimum absolute atomic E-state index is 0.111. The Labute approximate surface area is 146 Å². The van der Waals surface area contributed by atoms with Crippen LogP contribution in [-0.4, -0.2) is 28.9 Å². The summed E-state index contributed by atoms with van der Waals surface area (Å²) in [5.41, 5.74) is 3.99. The number of aromatic amines is 1. The summed E-state index contributed by atoms with van der Waals surface area (Å²) in [6.45, 7) is 3.53. The van der Waals surface area contributed by atoms with Gasteiger partial charge >= 0.3 is 0 Å². The number of halogens is 1. The third-order valence-corrected chi connectivity index (χ3v) is 5.20. The lowest BCUT2D eigenvalue weighted by molar-refractivity contribution is 0.0713. The van der Waals surface area contributed by atoms with Crippen LogP contribution in [0.5, 0.6) is 0 Å². The molecular weight excluding hydrogens is 315 g/mol. The van der Waals surface area contributed by atoms with Crippen molar-refractivity contribution in [3.05, 3.63) is 71.2 Å². The molecule has 0 spiro atoms. The van der Waals surface area contributed by atoms with Crippen LogP contribution in [-0.2, 0) is 0 Å². The fourth-order valence-electron chi connectivity index (χ4n) is 3.73. The third kappa shape index (κ3) is 3.04. The van der Waals surface area contributed by atoms with Crippen molar-refractivity contribution in [1.82, 2.24) is 9.88 Å². The summed E-state index contributed by atoms with van der Waals surface area (Å²) in [7, 11) is 0. The van der Waals surface area contributed by atoms with E-state index in [9.17, 15) is 9.18 Å². The first kappa shape index (κ1) is 15.9. The number of carbonyl (C=O) groups excluding carboxylic acids is 1. The maximum atomic E-state index is 13.4. The average Bonchev–Trinajstić information content (AvgIpc) is 3.05. The number of amides is 1. The molecule has 2 heterocycles. The van der Waals surface area contributed by atoms with Gasteiger partial charge in [0, 0.05) is 35.8 Å². The lowest BCUT2D eigenvalue weighted by atomic mass is 9.89. The van der Waals surface area contributed by atoms with Crippen LogP contribution < -0.4 is 0 Å². The molecule has 1 aromatic heterocycles. The molecule has 4 heteroatoms. The predicted molar refractivity (Wildman–Crippen MR) is 97.3 cm³/mol. The van der Waals surface area contributed by atoms with Gasteiger partial charge in [0.15, 0.2) is 0 Å². The number of rotatable bonds is 2. The van der Waals surface area contributed by atoms with Crippen LogP contribution in [0, 0.1) is 12.7 Å². The molecule has 1 saturated heterocycles. The number of hydrogen-bond acceptors (Lipinski definition) is 1. The first-order valence-corrected chi connectivity index (χ1v) is 8.74. The molecule has 25 heavy (non-hydrogen) atoms. The van der Waals surface area contributed by atoms with E-state index in [-0.39, 0.29) is 11.7 Å². The Morgan fingerprint density at radius 3 is 2.56 bits per heavy atom. The molecule has 1 aliphatic rings. The standard InChI is InChI=1S/C21H21FN2O/c1-14-2-4-16(5-3-14)21(25)24-10-8-15(9-11-24)19-13-23-20-12-17(22)6-7-18(19)20/h2-7,12-13,15,23H,8-11H2,1H3. The van der Waals surface area contributed by atoms with Gasteiger partial charge in [0.2, 0.25) is 0 Å². The van der Waals surface area contributed by atoms with E-state index in [1.165, 1.54) is 17.7 Å². The highest BCUT2D eigenvalue weighted by molar-refractivity contribution is 5.94. The second-order valence-corrected chi connectivity index (χ2v) is 6.87. The summed E-state index contributed by atoms with van der Waals surface area (Å²) in [5.74, 6) is 0.292. The molecule has 4 rings (SSSR count). The molecule has 128 valence electrons. The average molecular weight is 336 g/mol. The Bertz CT molecular complexity index is 905. The highest BCUT2D eigenvalue weighted by Gasteiger charge is 2.26. The van der Waals surface area contributed by atoms with Gasteiger partial charge in [-0.2, -0.15) is 0 Å². The number of piperidine rings is 1. The van der Waals surface area contributed by atoms with Crippen LogP contribution in [0.25, 0.3) is 10.9 Å². The van der Waals surface area contributed by atoms with E-state index in [2.05, 4.69) is 4.98 Å². The highest BCUT2D eigenvalue weighted by Crippen LogP contribution is 2.33. The van der Waals surface area contributed by atoms with Gasteiger partial charge < -0.3 is 9.88 Å². The molecule has 1 aliphatic heterocycles. The molecule has 1 fully saturated rings. The van der Waals surface area contributed by atoms with Gasteiger partial charge in [-0.05, 0) is 61.6 Å². The van der Waals surface area contributed by atoms with Gasteiger partial charge in [-0.15, -0.1) is 0 Å². The van der Waals surface area contributed by atoms with Crippen LogP contribution in [0.4, 0.5) is 4.39 Å². The van der Waals surface area contributed by atoms with Crippen molar-refractivity contribution in [2.75, 3.05) is 13.1 Å². The molecule has 3 aromatic rings. The van der Waals surface area contributed by atoms with Gasteiger partial charge in [0.05, 0.1) is 0 Å². The van der Waals surface area contributed by atoms with Gasteiger partial charge in [-0.1, -0.05) is 17.7 Å². The first-order valence-electron chi connectivity index (χ1n) is 8.74. The lowest BCUT2D eigenvalue weighted by Crippen LogP contribution is -2.37. The summed E-state index contributed by atoms with van der Waals surface area (Å²) in [4.78, 5) is 17.7. The van der Waals surface area contributed by atoms with E-state index < -0.39 is 0 Å². The predicted octanol–water partition coefficient (Wildman–Crippen LogP) is 4.64. The van der Waals surface area contributed by atoms with Crippen molar-refractivity contribution in [3.63, 3.8) is 0 Å². The summed E-state index contributed by atoms with van der Waals surface area (Å²) in [6.07, 6.45) is 3.86. The van der Waals surface area contributed by atoms with Gasteiger partial charge in [-0.3, -0.25) is 4.79 Å². The van der Waals surface area contributed by atoms with Crippen molar-refractivity contribution < 1.29 is 9.18 Å². The number of aromatic nitrogens is 1. The van der Waals surface area contributed by atoms with E-state index in [0.29, 0.717) is 5.92 Å². The summed E-state index contributed by atoms with van der Waals surface area (Å²) >= 11 is 0. The number of H-pyrrole nitrogens is 1. The largest absolute Gasteiger partial charge is 0.361 e. The number of fused-ring (bicyclic) bond motifs is 1. The van der Waals surface area contributed by atoms with Gasteiger partial charge in [0.25, 0.3) is 5.91 Å². The third-order valence-electron chi connectivity index (χ3n) is 5.20. The zero-order valence-corrected chi connectivity index (χ0v) is 14.3. The number of hydrogen-bond donors (Lipinski definition) is 1. The van der Waals surface area contributed by atoms with E-state index >= 15 is 0 Å². The molecule has 0 unspecified atom stereocenters. The van der Waals surface area contributed by atoms with E-state index in [4.69, 9.17) is 0 Å². The second-order valence-electron chi connectivity index (χ2n) is 6.87. The Kier molecular flexibility index (Phi) is 4.04. The van der Waals surface area contributed by atoms with Crippen molar-refractivity contribution >= 4 is 16.8 Å². The fourth-order valence-corrected chi connectivity index (χ4v) is 3.73. The SMILES string of the molecule is Cc1ccc(C(=O)N2CCC(c3c[nH]c4cc(F)ccc34)CC2)cc1. The first-order chi connectivity index (χ1) is 12.1. The molecule has 0 bridgehead atoms. The van der Waals surface area contributed by atoms with Gasteiger partial charge in [0.1, 0.15) is 5.82 Å². The van der Waals surface area contributed by atoms with E-state index in [1.807, 2.05) is 48.4 Å². The maximum Gasteiger partial charge on any atom is 0.253 e. The van der Waals surface area contributed by atoms with Gasteiger partial charge in [-0.25, -0.2) is 4.39 Å². The monoisotopic (exact) mass is 336 g/mol. The normalized spacial score (nSPS) is 15.7. The van der Waals surface area contributed by atoms with Crippen molar-refractivity contribution in [3.8, 4) is 0 Å². The number of benzene rings is 2. The number of likely N-dealkylation sites (tertiary alicyclic amines) is 1. The molecule has 0 atom stereocenters. The summed E-state index contributed by atoms with van der Waals surface area (Å²) in [6, 6.07) is 12.6. The molecule has 0 radical (unpaired) electrons. The molecular formula is C21H21FN2O. The van der Waals surface area contributed by atoms with Crippen molar-refractivity contribution in [2.45, 2.75) is 25.7 Å². The quantitative estimate of drug-likeness (QED) is 0.727. The number of nitrogens with one attached hydrogen (secondary N) is 1. The molecule has 1 N–H and O–H groups in total. The highest BCUT2D eigenvalue weighted by atomic mass is 19.1. The maximum absolute atomic E-state index is 13.4. The summed E-state index contributed by atoms with van der Waals surface area (Å²) < 4.78 is 13.4. The summed E-state index contributed by atoms with van der Waals surface area (Å²) in [5, 5.41) is 1.09. The fraction of sp³-hybridized carbons (Fsp3) is 0.286. The molecule has 0 saturated carbocycles. The number of nitrogens with zero attached hydrogens (tertiary/aromatic N) is 1. The van der Waals surface area contributed by atoms with Crippen LogP contribution in [0.15, 0.2) is 48.7 Å². The van der Waals surface area contributed by atoms with E-state index in [0.717, 1.165) is 48.0 Å². The van der Waals surface area contributed by atoms with Crippen LogP contribution >= 0.6 is 0 Å². The van der Waals surface area contributed by atoms with Crippen LogP contribution in [0.2, 0.25) is 0 Å². The Hall–Kier alpha value is -2.62. The molecule has 2 aromatic carbocycles. The minimum atomic E-state index is -0.223. The number of carbonyl (C=O) groups is 1. The minimum Gasteiger partial charge on any atom is -0.361 e. The van der Waals surface area contributed by atoms with Crippen molar-refractivity contribution in [1.29, 1.82) is 0 Å². The lowest BCUT2D eigenvalue weighted by Gasteiger charge is -2.32. The van der Waals surface area contributed by atoms with Crippen LogP contribution in [0.1, 0.15) is 40.2 Å². The van der Waals surface area contributed by atoms with Crippen molar-refractivity contribution in [2.24, 2.45) is 0 Å². The molecule has 0 aliphatic carbocycles. The molecule has 3 nitrogen and oxygen atoms in total. The van der Waals surface area contributed by atoms with Crippen LogP contribution in [0.3, 0.4) is 0 Å². The smallest absolute Gasteiger partial charge is 0.253 e. The second kappa shape index (κ2) is 6.36. The van der Waals surface area contributed by atoms with E-state index in [1.54, 1.807) is 0 Å². The number of aryl methyl sites for hydroxylation is 1.